The molecule has 0 radical (unpaired) electrons. The highest BCUT2D eigenvalue weighted by atomic mass is 32.2. The van der Waals surface area contributed by atoms with E-state index in [1.807, 2.05) is 36.4 Å². The van der Waals surface area contributed by atoms with Crippen molar-refractivity contribution in [1.29, 1.82) is 0 Å². The highest BCUT2D eigenvalue weighted by Crippen LogP contribution is 2.40. The van der Waals surface area contributed by atoms with Gasteiger partial charge in [0, 0.05) is 39.4 Å². The molecule has 4 aromatic rings. The van der Waals surface area contributed by atoms with Crippen molar-refractivity contribution in [3.63, 3.8) is 0 Å². The smallest absolute Gasteiger partial charge is 0.295 e. The molecule has 0 saturated heterocycles. The Morgan fingerprint density at radius 2 is 1.54 bits per heavy atom. The molecule has 0 atom stereocenters. The summed E-state index contributed by atoms with van der Waals surface area (Å²) in [7, 11) is -4.44. The first-order valence-electron chi connectivity index (χ1n) is 11.2. The number of benzene rings is 4. The molecule has 5 nitrogen and oxygen atoms in total. The van der Waals surface area contributed by atoms with Crippen molar-refractivity contribution in [2.45, 2.75) is 25.7 Å². The second kappa shape index (κ2) is 8.41. The van der Waals surface area contributed by atoms with E-state index in [2.05, 4.69) is 44.8 Å². The molecule has 4 aromatic carbocycles. The van der Waals surface area contributed by atoms with Crippen molar-refractivity contribution in [2.24, 2.45) is 0 Å². The summed E-state index contributed by atoms with van der Waals surface area (Å²) in [4.78, 5) is -0.152. The van der Waals surface area contributed by atoms with Gasteiger partial charge in [-0.15, -0.1) is 0 Å². The Morgan fingerprint density at radius 1 is 0.829 bits per heavy atom. The zero-order chi connectivity index (χ0) is 24.9. The predicted molar refractivity (Wildman–Crippen MR) is 140 cm³/mol. The second-order valence-electron chi connectivity index (χ2n) is 8.89. The number of fused-ring (bicyclic) bond motifs is 2. The third kappa shape index (κ3) is 4.22. The molecule has 0 aliphatic carbocycles. The average Bonchev–Trinajstić information content (AvgIpc) is 2.79. The van der Waals surface area contributed by atoms with Crippen LogP contribution in [0.3, 0.4) is 0 Å². The van der Waals surface area contributed by atoms with Crippen molar-refractivity contribution < 1.29 is 17.7 Å². The standard InChI is InChI=1S/C29H25NO4S/c1-17-9-11-22-25(15-17)34-26-16-21(30-29-19(3)13-18(2)14-20(29)4)10-12-23(26)28(22)24-7-5-6-8-27(24)35(31,32)33/h5-16,30H,1H2,2-4H3,(H,31,32,33). The molecule has 35 heavy (non-hydrogen) atoms. The van der Waals surface area contributed by atoms with Gasteiger partial charge in [-0.3, -0.25) is 4.55 Å². The van der Waals surface area contributed by atoms with E-state index in [1.165, 1.54) is 11.6 Å². The van der Waals surface area contributed by atoms with Gasteiger partial charge in [0.1, 0.15) is 16.4 Å². The molecule has 6 heteroatoms. The minimum Gasteiger partial charge on any atom is -0.456 e. The molecular weight excluding hydrogens is 458 g/mol. The molecule has 0 fully saturated rings. The van der Waals surface area contributed by atoms with Gasteiger partial charge in [-0.1, -0.05) is 54.6 Å². The SMILES string of the molecule is C=c1ccc2c(c1)Oc1cc(Nc3c(C)cc(C)cc3C)ccc1C=2c1ccccc1S(=O)(=O)O. The number of hydrogen-bond donors (Lipinski definition) is 2. The summed E-state index contributed by atoms with van der Waals surface area (Å²) in [5.41, 5.74) is 7.17. The third-order valence-electron chi connectivity index (χ3n) is 6.17. The Kier molecular flexibility index (Phi) is 5.50. The van der Waals surface area contributed by atoms with Gasteiger partial charge in [0.15, 0.2) is 0 Å². The largest absolute Gasteiger partial charge is 0.456 e. The van der Waals surface area contributed by atoms with Crippen LogP contribution >= 0.6 is 0 Å². The summed E-state index contributed by atoms with van der Waals surface area (Å²) in [5.74, 6) is 1.15. The van der Waals surface area contributed by atoms with Crippen LogP contribution in [0.4, 0.5) is 11.4 Å². The molecule has 0 amide bonds. The molecule has 176 valence electrons. The Labute approximate surface area is 204 Å². The summed E-state index contributed by atoms with van der Waals surface area (Å²) in [6.45, 7) is 10.2. The normalized spacial score (nSPS) is 12.5. The first-order valence-corrected chi connectivity index (χ1v) is 12.6. The maximum Gasteiger partial charge on any atom is 0.295 e. The van der Waals surface area contributed by atoms with Crippen molar-refractivity contribution >= 4 is 33.6 Å². The zero-order valence-corrected chi connectivity index (χ0v) is 20.5. The van der Waals surface area contributed by atoms with E-state index in [0.717, 1.165) is 38.5 Å². The molecule has 0 saturated carbocycles. The van der Waals surface area contributed by atoms with E-state index in [9.17, 15) is 13.0 Å². The minimum atomic E-state index is -4.44. The van der Waals surface area contributed by atoms with E-state index in [1.54, 1.807) is 18.2 Å². The van der Waals surface area contributed by atoms with Crippen molar-refractivity contribution in [1.82, 2.24) is 0 Å². The molecule has 1 heterocycles. The Morgan fingerprint density at radius 3 is 2.26 bits per heavy atom. The molecule has 0 bridgehead atoms. The Bertz CT molecular complexity index is 1700. The van der Waals surface area contributed by atoms with Gasteiger partial charge in [0.25, 0.3) is 10.1 Å². The fraction of sp³-hybridized carbons (Fsp3) is 0.103. The zero-order valence-electron chi connectivity index (χ0n) is 19.7. The van der Waals surface area contributed by atoms with Gasteiger partial charge < -0.3 is 10.1 Å². The van der Waals surface area contributed by atoms with Gasteiger partial charge in [-0.25, -0.2) is 0 Å². The molecule has 1 aliphatic rings. The van der Waals surface area contributed by atoms with Gasteiger partial charge in [0.2, 0.25) is 0 Å². The number of hydrogen-bond acceptors (Lipinski definition) is 4. The number of anilines is 2. The fourth-order valence-corrected chi connectivity index (χ4v) is 5.42. The lowest BCUT2D eigenvalue weighted by Crippen LogP contribution is -2.20. The number of ether oxygens (including phenoxy) is 1. The summed E-state index contributed by atoms with van der Waals surface area (Å²) in [5, 5.41) is 5.01. The molecule has 5 rings (SSSR count). The number of nitrogens with one attached hydrogen (secondary N) is 1. The van der Waals surface area contributed by atoms with E-state index < -0.39 is 10.1 Å². The van der Waals surface area contributed by atoms with Gasteiger partial charge >= 0.3 is 0 Å². The fourth-order valence-electron chi connectivity index (χ4n) is 4.72. The van der Waals surface area contributed by atoms with Crippen LogP contribution in [0, 0.1) is 20.8 Å². The molecular formula is C29H25NO4S. The second-order valence-corrected chi connectivity index (χ2v) is 10.3. The summed E-state index contributed by atoms with van der Waals surface area (Å²) >= 11 is 0. The first kappa shape index (κ1) is 22.9. The average molecular weight is 484 g/mol. The van der Waals surface area contributed by atoms with Crippen LogP contribution in [-0.2, 0) is 10.1 Å². The highest BCUT2D eigenvalue weighted by Gasteiger charge is 2.25. The molecule has 0 aromatic heterocycles. The lowest BCUT2D eigenvalue weighted by Gasteiger charge is -2.23. The lowest BCUT2D eigenvalue weighted by atomic mass is 9.92. The van der Waals surface area contributed by atoms with Gasteiger partial charge in [-0.05, 0) is 61.4 Å². The van der Waals surface area contributed by atoms with Crippen LogP contribution in [0.25, 0.3) is 12.2 Å². The van der Waals surface area contributed by atoms with Crippen LogP contribution in [-0.4, -0.2) is 13.0 Å². The third-order valence-corrected chi connectivity index (χ3v) is 7.08. The lowest BCUT2D eigenvalue weighted by molar-refractivity contribution is 0.471. The minimum absolute atomic E-state index is 0.152. The Hall–Kier alpha value is -3.87. The molecule has 0 spiro atoms. The quantitative estimate of drug-likeness (QED) is 0.336. The molecule has 0 unspecified atom stereocenters. The summed E-state index contributed by atoms with van der Waals surface area (Å²) in [6.07, 6.45) is 0. The topological polar surface area (TPSA) is 75.6 Å². The maximum atomic E-state index is 12.2. The predicted octanol–water partition coefficient (Wildman–Crippen LogP) is 5.37. The summed E-state index contributed by atoms with van der Waals surface area (Å²) in [6, 6.07) is 22.0. The Balaban J connectivity index is 1.72. The van der Waals surface area contributed by atoms with Gasteiger partial charge in [-0.2, -0.15) is 8.42 Å². The number of aryl methyl sites for hydroxylation is 3. The van der Waals surface area contributed by atoms with E-state index in [0.29, 0.717) is 22.6 Å². The van der Waals surface area contributed by atoms with E-state index >= 15 is 0 Å². The van der Waals surface area contributed by atoms with E-state index in [4.69, 9.17) is 4.74 Å². The monoisotopic (exact) mass is 483 g/mol. The van der Waals surface area contributed by atoms with Crippen molar-refractivity contribution in [2.75, 3.05) is 5.32 Å². The summed E-state index contributed by atoms with van der Waals surface area (Å²) < 4.78 is 40.6. The van der Waals surface area contributed by atoms with Crippen LogP contribution in [0.15, 0.2) is 77.7 Å². The van der Waals surface area contributed by atoms with Gasteiger partial charge in [0.05, 0.1) is 0 Å². The maximum absolute atomic E-state index is 12.2. The van der Waals surface area contributed by atoms with E-state index in [-0.39, 0.29) is 4.90 Å². The molecule has 2 N–H and O–H groups in total. The highest BCUT2D eigenvalue weighted by molar-refractivity contribution is 7.86. The first-order chi connectivity index (χ1) is 16.6. The van der Waals surface area contributed by atoms with Crippen molar-refractivity contribution in [3.05, 3.63) is 111 Å². The molecule has 1 aliphatic heterocycles. The van der Waals surface area contributed by atoms with Crippen LogP contribution in [0.5, 0.6) is 11.5 Å². The van der Waals surface area contributed by atoms with Crippen molar-refractivity contribution in [3.8, 4) is 11.5 Å². The van der Waals surface area contributed by atoms with Crippen LogP contribution < -0.4 is 20.5 Å². The van der Waals surface area contributed by atoms with Crippen LogP contribution in [0.2, 0.25) is 0 Å². The van der Waals surface area contributed by atoms with Crippen LogP contribution in [0.1, 0.15) is 27.8 Å². The number of rotatable bonds is 4.